The fraction of sp³-hybridized carbons (Fsp3) is 0.188. The third kappa shape index (κ3) is 6.98. The van der Waals surface area contributed by atoms with Gasteiger partial charge >= 0.3 is 0 Å². The molecular weight excluding hydrogens is 508 g/mol. The summed E-state index contributed by atoms with van der Waals surface area (Å²) in [5.74, 6) is -0.198. The van der Waals surface area contributed by atoms with Crippen LogP contribution in [0, 0.1) is 6.92 Å². The number of aliphatic hydroxyl groups excluding tert-OH is 1. The molecule has 40 heavy (non-hydrogen) atoms. The van der Waals surface area contributed by atoms with E-state index in [1.54, 1.807) is 43.3 Å². The Bertz CT molecular complexity index is 1440. The van der Waals surface area contributed by atoms with Crippen molar-refractivity contribution in [1.82, 2.24) is 5.32 Å². The number of aliphatic hydroxyl groups is 1. The fourth-order valence-electron chi connectivity index (χ4n) is 4.30. The quantitative estimate of drug-likeness (QED) is 0.255. The molecule has 206 valence electrons. The van der Waals surface area contributed by atoms with Gasteiger partial charge in [0.05, 0.1) is 12.8 Å². The number of aromatic hydroxyl groups is 1. The number of hydrogen-bond donors (Lipinski definition) is 3. The van der Waals surface area contributed by atoms with Crippen LogP contribution in [0.2, 0.25) is 0 Å². The van der Waals surface area contributed by atoms with Gasteiger partial charge in [-0.2, -0.15) is 0 Å². The monoisotopic (exact) mass is 540 g/mol. The molecule has 0 aliphatic heterocycles. The molecule has 1 unspecified atom stereocenters. The Balaban J connectivity index is 1.60. The third-order valence-electron chi connectivity index (χ3n) is 6.35. The molecule has 3 N–H and O–H groups in total. The average Bonchev–Trinajstić information content (AvgIpc) is 2.99. The molecule has 8 nitrogen and oxygen atoms in total. The normalized spacial score (nSPS) is 11.4. The zero-order valence-corrected chi connectivity index (χ0v) is 22.4. The van der Waals surface area contributed by atoms with Gasteiger partial charge in [0.2, 0.25) is 5.91 Å². The molecule has 0 bridgehead atoms. The van der Waals surface area contributed by atoms with Crippen LogP contribution in [0.4, 0.5) is 5.69 Å². The van der Waals surface area contributed by atoms with E-state index in [4.69, 9.17) is 9.47 Å². The van der Waals surface area contributed by atoms with Crippen LogP contribution >= 0.6 is 0 Å². The Morgan fingerprint density at radius 3 is 2.30 bits per heavy atom. The summed E-state index contributed by atoms with van der Waals surface area (Å²) in [6, 6.07) is 27.5. The molecule has 0 fully saturated rings. The highest BCUT2D eigenvalue weighted by Crippen LogP contribution is 2.35. The van der Waals surface area contributed by atoms with Crippen molar-refractivity contribution in [1.29, 1.82) is 0 Å². The molecule has 8 heteroatoms. The summed E-state index contributed by atoms with van der Waals surface area (Å²) in [5.41, 5.74) is 3.19. The molecule has 0 radical (unpaired) electrons. The van der Waals surface area contributed by atoms with E-state index in [2.05, 4.69) is 5.32 Å². The van der Waals surface area contributed by atoms with E-state index in [-0.39, 0.29) is 18.0 Å². The fourth-order valence-corrected chi connectivity index (χ4v) is 4.30. The Kier molecular flexibility index (Phi) is 9.38. The van der Waals surface area contributed by atoms with Crippen LogP contribution in [0.5, 0.6) is 17.2 Å². The van der Waals surface area contributed by atoms with Gasteiger partial charge in [0.15, 0.2) is 0 Å². The van der Waals surface area contributed by atoms with Crippen molar-refractivity contribution < 1.29 is 29.3 Å². The Morgan fingerprint density at radius 2 is 1.60 bits per heavy atom. The molecule has 0 aliphatic carbocycles. The number of anilines is 1. The van der Waals surface area contributed by atoms with Crippen molar-refractivity contribution in [3.8, 4) is 17.2 Å². The summed E-state index contributed by atoms with van der Waals surface area (Å²) in [4.78, 5) is 28.0. The molecule has 0 aromatic heterocycles. The second kappa shape index (κ2) is 13.3. The first-order valence-electron chi connectivity index (χ1n) is 12.8. The number of nitrogens with one attached hydrogen (secondary N) is 1. The predicted octanol–water partition coefficient (Wildman–Crippen LogP) is 4.67. The molecular formula is C32H32N2O6. The lowest BCUT2D eigenvalue weighted by atomic mass is 10.0. The highest BCUT2D eigenvalue weighted by atomic mass is 16.5. The molecule has 0 heterocycles. The summed E-state index contributed by atoms with van der Waals surface area (Å²) >= 11 is 0. The standard InChI is InChI=1S/C32H32N2O6/c1-22-11-16-29(36)28(17-22)34(30(37)20-35)31(25-12-14-26(39-2)15-13-25)32(38)33-19-24-9-6-10-27(18-24)40-21-23-7-4-3-5-8-23/h3-18,31,35-36H,19-21H2,1-2H3,(H,33,38). The number of carbonyl (C=O) groups excluding carboxylic acids is 2. The molecule has 2 amide bonds. The molecule has 0 saturated heterocycles. The predicted molar refractivity (Wildman–Crippen MR) is 152 cm³/mol. The van der Waals surface area contributed by atoms with E-state index in [9.17, 15) is 19.8 Å². The summed E-state index contributed by atoms with van der Waals surface area (Å²) in [6.45, 7) is 1.53. The number of rotatable bonds is 11. The number of methoxy groups -OCH3 is 1. The minimum absolute atomic E-state index is 0.117. The first-order chi connectivity index (χ1) is 19.4. The average molecular weight is 541 g/mol. The van der Waals surface area contributed by atoms with Crippen LogP contribution in [0.3, 0.4) is 0 Å². The van der Waals surface area contributed by atoms with Crippen molar-refractivity contribution in [3.63, 3.8) is 0 Å². The largest absolute Gasteiger partial charge is 0.506 e. The summed E-state index contributed by atoms with van der Waals surface area (Å²) in [6.07, 6.45) is 0. The van der Waals surface area contributed by atoms with Crippen LogP contribution in [0.25, 0.3) is 0 Å². The molecule has 4 aromatic carbocycles. The van der Waals surface area contributed by atoms with Crippen LogP contribution < -0.4 is 19.7 Å². The number of amides is 2. The van der Waals surface area contributed by atoms with E-state index in [1.165, 1.54) is 13.2 Å². The number of hydrogen-bond acceptors (Lipinski definition) is 6. The maximum Gasteiger partial charge on any atom is 0.253 e. The van der Waals surface area contributed by atoms with Gasteiger partial charge in [0.25, 0.3) is 5.91 Å². The van der Waals surface area contributed by atoms with E-state index < -0.39 is 24.5 Å². The van der Waals surface area contributed by atoms with Gasteiger partial charge < -0.3 is 25.0 Å². The molecule has 0 saturated carbocycles. The van der Waals surface area contributed by atoms with Crippen molar-refractivity contribution in [2.24, 2.45) is 0 Å². The smallest absolute Gasteiger partial charge is 0.253 e. The minimum Gasteiger partial charge on any atom is -0.506 e. The van der Waals surface area contributed by atoms with Crippen molar-refractivity contribution in [3.05, 3.63) is 119 Å². The van der Waals surface area contributed by atoms with Crippen molar-refractivity contribution in [2.45, 2.75) is 26.1 Å². The van der Waals surface area contributed by atoms with E-state index >= 15 is 0 Å². The maximum atomic E-state index is 13.8. The second-order valence-electron chi connectivity index (χ2n) is 9.23. The number of nitrogens with zero attached hydrogens (tertiary/aromatic N) is 1. The molecule has 4 aromatic rings. The topological polar surface area (TPSA) is 108 Å². The third-order valence-corrected chi connectivity index (χ3v) is 6.35. The van der Waals surface area contributed by atoms with Gasteiger partial charge in [-0.25, -0.2) is 0 Å². The minimum atomic E-state index is -1.18. The highest BCUT2D eigenvalue weighted by Gasteiger charge is 2.34. The maximum absolute atomic E-state index is 13.8. The summed E-state index contributed by atoms with van der Waals surface area (Å²) in [5, 5.41) is 23.4. The molecule has 0 spiro atoms. The lowest BCUT2D eigenvalue weighted by Gasteiger charge is -2.31. The first kappa shape index (κ1) is 28.2. The summed E-state index contributed by atoms with van der Waals surface area (Å²) in [7, 11) is 1.53. The SMILES string of the molecule is COc1ccc(C(C(=O)NCc2cccc(OCc3ccccc3)c2)N(C(=O)CO)c2cc(C)ccc2O)cc1. The van der Waals surface area contributed by atoms with E-state index in [1.807, 2.05) is 54.6 Å². The second-order valence-corrected chi connectivity index (χ2v) is 9.23. The van der Waals surface area contributed by atoms with E-state index in [0.717, 1.165) is 21.6 Å². The zero-order valence-electron chi connectivity index (χ0n) is 22.4. The van der Waals surface area contributed by atoms with Gasteiger partial charge in [-0.3, -0.25) is 14.5 Å². The van der Waals surface area contributed by atoms with Gasteiger partial charge in [-0.15, -0.1) is 0 Å². The Labute approximate surface area is 233 Å². The lowest BCUT2D eigenvalue weighted by molar-refractivity contribution is -0.127. The van der Waals surface area contributed by atoms with Crippen molar-refractivity contribution in [2.75, 3.05) is 18.6 Å². The van der Waals surface area contributed by atoms with Crippen LogP contribution in [-0.4, -0.2) is 35.7 Å². The Morgan fingerprint density at radius 1 is 0.875 bits per heavy atom. The first-order valence-corrected chi connectivity index (χ1v) is 12.8. The van der Waals surface area contributed by atoms with Crippen LogP contribution in [0.1, 0.15) is 28.3 Å². The number of phenols is 1. The van der Waals surface area contributed by atoms with E-state index in [0.29, 0.717) is 23.7 Å². The van der Waals surface area contributed by atoms with Crippen molar-refractivity contribution >= 4 is 17.5 Å². The number of ether oxygens (including phenoxy) is 2. The van der Waals surface area contributed by atoms with Crippen LogP contribution in [-0.2, 0) is 22.7 Å². The number of phenolic OH excluding ortho intramolecular Hbond substituents is 1. The molecule has 4 rings (SSSR count). The highest BCUT2D eigenvalue weighted by molar-refractivity contribution is 6.02. The molecule has 1 atom stereocenters. The summed E-state index contributed by atoms with van der Waals surface area (Å²) < 4.78 is 11.2. The lowest BCUT2D eigenvalue weighted by Crippen LogP contribution is -2.45. The van der Waals surface area contributed by atoms with Gasteiger partial charge in [-0.05, 0) is 65.6 Å². The zero-order chi connectivity index (χ0) is 28.5. The van der Waals surface area contributed by atoms with Crippen LogP contribution in [0.15, 0.2) is 97.1 Å². The van der Waals surface area contributed by atoms with Gasteiger partial charge in [0, 0.05) is 6.54 Å². The molecule has 0 aliphatic rings. The number of benzene rings is 4. The number of aryl methyl sites for hydroxylation is 1. The van der Waals surface area contributed by atoms with Gasteiger partial charge in [-0.1, -0.05) is 60.7 Å². The van der Waals surface area contributed by atoms with Gasteiger partial charge in [0.1, 0.15) is 36.5 Å². The Hall–Kier alpha value is -4.82. The number of carbonyl (C=O) groups is 2.